The third-order valence-corrected chi connectivity index (χ3v) is 3.24. The van der Waals surface area contributed by atoms with E-state index in [1.165, 1.54) is 0 Å². The van der Waals surface area contributed by atoms with Crippen LogP contribution in [0.25, 0.3) is 0 Å². The Morgan fingerprint density at radius 1 is 1.57 bits per heavy atom. The Morgan fingerprint density at radius 2 is 2.36 bits per heavy atom. The Labute approximate surface area is 86.4 Å². The van der Waals surface area contributed by atoms with Crippen LogP contribution in [0.2, 0.25) is 0 Å². The Balaban J connectivity index is 2.43. The van der Waals surface area contributed by atoms with Gasteiger partial charge in [0.05, 0.1) is 11.4 Å². The number of amides is 1. The lowest BCUT2D eigenvalue weighted by atomic mass is 10.2. The second-order valence-corrected chi connectivity index (χ2v) is 4.09. The second-order valence-electron chi connectivity index (χ2n) is 3.07. The summed E-state index contributed by atoms with van der Waals surface area (Å²) in [5.41, 5.74) is 4.40. The third kappa shape index (κ3) is 1.44. The maximum absolute atomic E-state index is 11.4. The number of nitrogens with zero attached hydrogens (tertiary/aromatic N) is 1. The van der Waals surface area contributed by atoms with E-state index < -0.39 is 0 Å². The highest BCUT2D eigenvalue weighted by Crippen LogP contribution is 2.35. The average Bonchev–Trinajstić information content (AvgIpc) is 2.23. The molecule has 0 saturated carbocycles. The van der Waals surface area contributed by atoms with Gasteiger partial charge in [-0.1, -0.05) is 0 Å². The molecule has 0 spiro atoms. The quantitative estimate of drug-likeness (QED) is 0.536. The highest BCUT2D eigenvalue weighted by Gasteiger charge is 2.21. The van der Waals surface area contributed by atoms with Gasteiger partial charge in [-0.05, 0) is 18.2 Å². The van der Waals surface area contributed by atoms with E-state index in [4.69, 9.17) is 5.84 Å². The van der Waals surface area contributed by atoms with Gasteiger partial charge in [-0.25, -0.2) is 0 Å². The zero-order valence-corrected chi connectivity index (χ0v) is 8.60. The average molecular weight is 209 g/mol. The summed E-state index contributed by atoms with van der Waals surface area (Å²) in [5, 5.41) is 0. The van der Waals surface area contributed by atoms with Crippen molar-refractivity contribution in [3.63, 3.8) is 0 Å². The molecule has 1 aliphatic heterocycles. The largest absolute Gasteiger partial charge is 0.324 e. The number of hydrogen-bond acceptors (Lipinski definition) is 4. The van der Waals surface area contributed by atoms with Crippen LogP contribution >= 0.6 is 11.8 Å². The minimum Gasteiger partial charge on any atom is -0.324 e. The standard InChI is InChI=1S/C9H11N3OS/c1-12-7-3-2-6(11-10)4-8(7)14-5-9(12)13/h2-4,11H,5,10H2,1H3. The third-order valence-electron chi connectivity index (χ3n) is 2.21. The zero-order chi connectivity index (χ0) is 10.1. The predicted molar refractivity (Wildman–Crippen MR) is 58.4 cm³/mol. The number of thioether (sulfide) groups is 1. The molecular formula is C9H11N3OS. The van der Waals surface area contributed by atoms with Crippen molar-refractivity contribution in [2.75, 3.05) is 23.1 Å². The molecule has 1 aliphatic rings. The predicted octanol–water partition coefficient (Wildman–Crippen LogP) is 1.04. The minimum absolute atomic E-state index is 0.135. The van der Waals surface area contributed by atoms with E-state index in [0.29, 0.717) is 5.75 Å². The van der Waals surface area contributed by atoms with E-state index in [9.17, 15) is 4.79 Å². The van der Waals surface area contributed by atoms with Crippen molar-refractivity contribution >= 4 is 29.0 Å². The summed E-state index contributed by atoms with van der Waals surface area (Å²) >= 11 is 1.54. The lowest BCUT2D eigenvalue weighted by molar-refractivity contribution is -0.116. The highest BCUT2D eigenvalue weighted by atomic mass is 32.2. The van der Waals surface area contributed by atoms with E-state index in [1.54, 1.807) is 23.7 Å². The van der Waals surface area contributed by atoms with E-state index >= 15 is 0 Å². The highest BCUT2D eigenvalue weighted by molar-refractivity contribution is 8.00. The van der Waals surface area contributed by atoms with Crippen LogP contribution in [0, 0.1) is 0 Å². The van der Waals surface area contributed by atoms with Gasteiger partial charge in [-0.2, -0.15) is 0 Å². The van der Waals surface area contributed by atoms with Gasteiger partial charge in [0.1, 0.15) is 0 Å². The van der Waals surface area contributed by atoms with Crippen LogP contribution in [0.15, 0.2) is 23.1 Å². The summed E-state index contributed by atoms with van der Waals surface area (Å²) < 4.78 is 0. The number of nitrogens with one attached hydrogen (secondary N) is 1. The summed E-state index contributed by atoms with van der Waals surface area (Å²) in [6.07, 6.45) is 0. The molecule has 0 aliphatic carbocycles. The lowest BCUT2D eigenvalue weighted by Crippen LogP contribution is -2.31. The molecule has 2 rings (SSSR count). The Bertz CT molecular complexity index is 380. The van der Waals surface area contributed by atoms with Gasteiger partial charge in [0.2, 0.25) is 5.91 Å². The van der Waals surface area contributed by atoms with Gasteiger partial charge in [0, 0.05) is 17.6 Å². The first-order valence-electron chi connectivity index (χ1n) is 4.22. The molecule has 1 heterocycles. The summed E-state index contributed by atoms with van der Waals surface area (Å²) in [4.78, 5) is 14.1. The van der Waals surface area contributed by atoms with Crippen LogP contribution in [0.5, 0.6) is 0 Å². The van der Waals surface area contributed by atoms with E-state index in [0.717, 1.165) is 16.3 Å². The van der Waals surface area contributed by atoms with Crippen LogP contribution in [-0.2, 0) is 4.79 Å². The van der Waals surface area contributed by atoms with Crippen LogP contribution < -0.4 is 16.2 Å². The summed E-state index contributed by atoms with van der Waals surface area (Å²) in [6.45, 7) is 0. The van der Waals surface area contributed by atoms with Gasteiger partial charge < -0.3 is 10.3 Å². The lowest BCUT2D eigenvalue weighted by Gasteiger charge is -2.25. The first-order chi connectivity index (χ1) is 6.72. The van der Waals surface area contributed by atoms with Crippen LogP contribution in [0.4, 0.5) is 11.4 Å². The van der Waals surface area contributed by atoms with Crippen LogP contribution in [0.3, 0.4) is 0 Å². The SMILES string of the molecule is CN1C(=O)CSc2cc(NN)ccc21. The molecule has 4 nitrogen and oxygen atoms in total. The monoisotopic (exact) mass is 209 g/mol. The molecule has 0 radical (unpaired) electrons. The van der Waals surface area contributed by atoms with Crippen molar-refractivity contribution in [3.8, 4) is 0 Å². The molecule has 0 fully saturated rings. The van der Waals surface area contributed by atoms with Crippen molar-refractivity contribution in [2.45, 2.75) is 4.90 Å². The molecule has 0 saturated heterocycles. The van der Waals surface area contributed by atoms with E-state index in [2.05, 4.69) is 5.43 Å². The summed E-state index contributed by atoms with van der Waals surface area (Å²) in [6, 6.07) is 5.70. The fourth-order valence-electron chi connectivity index (χ4n) is 1.37. The molecule has 1 amide bonds. The van der Waals surface area contributed by atoms with Crippen LogP contribution in [0.1, 0.15) is 0 Å². The van der Waals surface area contributed by atoms with Gasteiger partial charge in [-0.15, -0.1) is 11.8 Å². The number of fused-ring (bicyclic) bond motifs is 1. The molecule has 3 N–H and O–H groups in total. The molecule has 0 unspecified atom stereocenters. The number of carbonyl (C=O) groups excluding carboxylic acids is 1. The topological polar surface area (TPSA) is 58.4 Å². The van der Waals surface area contributed by atoms with Crippen molar-refractivity contribution in [1.82, 2.24) is 0 Å². The summed E-state index contributed by atoms with van der Waals surface area (Å²) in [7, 11) is 1.79. The fourth-order valence-corrected chi connectivity index (χ4v) is 2.40. The number of benzene rings is 1. The number of carbonyl (C=O) groups is 1. The van der Waals surface area contributed by atoms with Gasteiger partial charge in [0.15, 0.2) is 0 Å². The molecule has 74 valence electrons. The summed E-state index contributed by atoms with van der Waals surface area (Å²) in [5.74, 6) is 5.94. The smallest absolute Gasteiger partial charge is 0.237 e. The van der Waals surface area contributed by atoms with Gasteiger partial charge >= 0.3 is 0 Å². The number of nitrogens with two attached hydrogens (primary N) is 1. The fraction of sp³-hybridized carbons (Fsp3) is 0.222. The van der Waals surface area contributed by atoms with Crippen LogP contribution in [-0.4, -0.2) is 18.7 Å². The maximum atomic E-state index is 11.4. The molecule has 0 aromatic heterocycles. The second kappa shape index (κ2) is 3.51. The number of hydrogen-bond donors (Lipinski definition) is 2. The number of nitrogen functional groups attached to an aromatic ring is 1. The Kier molecular flexibility index (Phi) is 2.35. The molecule has 5 heteroatoms. The minimum atomic E-state index is 0.135. The molecule has 1 aromatic carbocycles. The normalized spacial score (nSPS) is 15.3. The first kappa shape index (κ1) is 9.36. The molecule has 0 bridgehead atoms. The van der Waals surface area contributed by atoms with E-state index in [-0.39, 0.29) is 5.91 Å². The van der Waals surface area contributed by atoms with Gasteiger partial charge in [0.25, 0.3) is 0 Å². The molecular weight excluding hydrogens is 198 g/mol. The molecule has 0 atom stereocenters. The van der Waals surface area contributed by atoms with Gasteiger partial charge in [-0.3, -0.25) is 10.6 Å². The Hall–Kier alpha value is -1.20. The van der Waals surface area contributed by atoms with Crippen molar-refractivity contribution < 1.29 is 4.79 Å². The molecule has 14 heavy (non-hydrogen) atoms. The molecule has 1 aromatic rings. The van der Waals surface area contributed by atoms with Crippen molar-refractivity contribution in [3.05, 3.63) is 18.2 Å². The number of rotatable bonds is 1. The van der Waals surface area contributed by atoms with Crippen molar-refractivity contribution in [2.24, 2.45) is 5.84 Å². The van der Waals surface area contributed by atoms with E-state index in [1.807, 2.05) is 18.2 Å². The Morgan fingerprint density at radius 3 is 3.07 bits per heavy atom. The maximum Gasteiger partial charge on any atom is 0.237 e. The number of hydrazine groups is 1. The number of anilines is 2. The first-order valence-corrected chi connectivity index (χ1v) is 5.21. The zero-order valence-electron chi connectivity index (χ0n) is 7.78. The van der Waals surface area contributed by atoms with Crippen molar-refractivity contribution in [1.29, 1.82) is 0 Å².